The van der Waals surface area contributed by atoms with E-state index < -0.39 is 0 Å². The molecule has 0 saturated carbocycles. The van der Waals surface area contributed by atoms with E-state index in [1.54, 1.807) is 0 Å². The van der Waals surface area contributed by atoms with Crippen LogP contribution in [0.25, 0.3) is 6.08 Å². The van der Waals surface area contributed by atoms with Gasteiger partial charge in [-0.1, -0.05) is 24.3 Å². The number of hydrogen-bond donors (Lipinski definition) is 0. The average molecular weight is 255 g/mol. The topological polar surface area (TPSA) is 3.24 Å². The van der Waals surface area contributed by atoms with Crippen molar-refractivity contribution >= 4 is 11.8 Å². The molecule has 1 heteroatoms. The van der Waals surface area contributed by atoms with Crippen LogP contribution in [-0.4, -0.2) is 12.6 Å². The van der Waals surface area contributed by atoms with Gasteiger partial charge in [-0.2, -0.15) is 0 Å². The molecule has 0 amide bonds. The largest absolute Gasteiger partial charge is 0.369 e. The van der Waals surface area contributed by atoms with Crippen LogP contribution in [0.15, 0.2) is 36.9 Å². The fraction of sp³-hybridized carbons (Fsp3) is 0.444. The maximum atomic E-state index is 4.04. The lowest BCUT2D eigenvalue weighted by atomic mass is 9.81. The van der Waals surface area contributed by atoms with Gasteiger partial charge in [0, 0.05) is 24.2 Å². The zero-order chi connectivity index (χ0) is 14.2. The van der Waals surface area contributed by atoms with E-state index in [0.717, 1.165) is 6.42 Å². The first-order valence-corrected chi connectivity index (χ1v) is 7.02. The first-order chi connectivity index (χ1) is 8.87. The van der Waals surface area contributed by atoms with Crippen molar-refractivity contribution < 1.29 is 0 Å². The van der Waals surface area contributed by atoms with Crippen molar-refractivity contribution in [3.8, 4) is 0 Å². The van der Waals surface area contributed by atoms with Crippen molar-refractivity contribution in [2.24, 2.45) is 0 Å². The number of hydrogen-bond acceptors (Lipinski definition) is 1. The quantitative estimate of drug-likeness (QED) is 0.684. The summed E-state index contributed by atoms with van der Waals surface area (Å²) in [5.41, 5.74) is 5.47. The van der Waals surface area contributed by atoms with Gasteiger partial charge in [-0.15, -0.1) is 6.58 Å². The SMILES string of the molecule is C=Cc1ccc2c(c1)C(CCC(=C)C)C(C)(C)N2C. The first-order valence-electron chi connectivity index (χ1n) is 7.02. The molecule has 1 unspecified atom stereocenters. The van der Waals surface area contributed by atoms with E-state index in [1.165, 1.54) is 28.8 Å². The molecule has 1 aliphatic rings. The number of benzene rings is 1. The van der Waals surface area contributed by atoms with Crippen LogP contribution in [0, 0.1) is 0 Å². The Morgan fingerprint density at radius 3 is 2.68 bits per heavy atom. The van der Waals surface area contributed by atoms with Crippen molar-refractivity contribution in [2.75, 3.05) is 11.9 Å². The van der Waals surface area contributed by atoms with E-state index in [2.05, 4.69) is 64.1 Å². The maximum Gasteiger partial charge on any atom is 0.0412 e. The summed E-state index contributed by atoms with van der Waals surface area (Å²) >= 11 is 0. The molecule has 1 aliphatic heterocycles. The molecule has 0 aliphatic carbocycles. The Bertz CT molecular complexity index is 510. The molecule has 1 atom stereocenters. The molecule has 102 valence electrons. The van der Waals surface area contributed by atoms with E-state index in [1.807, 2.05) is 6.08 Å². The summed E-state index contributed by atoms with van der Waals surface area (Å²) in [6, 6.07) is 6.69. The van der Waals surface area contributed by atoms with Gasteiger partial charge in [0.15, 0.2) is 0 Å². The molecule has 1 aromatic carbocycles. The van der Waals surface area contributed by atoms with Crippen LogP contribution in [0.2, 0.25) is 0 Å². The summed E-state index contributed by atoms with van der Waals surface area (Å²) in [7, 11) is 2.20. The number of allylic oxidation sites excluding steroid dienone is 1. The smallest absolute Gasteiger partial charge is 0.0412 e. The third kappa shape index (κ3) is 2.34. The predicted octanol–water partition coefficient (Wildman–Crippen LogP) is 5.00. The van der Waals surface area contributed by atoms with Crippen molar-refractivity contribution in [1.82, 2.24) is 0 Å². The van der Waals surface area contributed by atoms with Crippen LogP contribution >= 0.6 is 0 Å². The second-order valence-electron chi connectivity index (χ2n) is 6.28. The molecule has 0 radical (unpaired) electrons. The minimum Gasteiger partial charge on any atom is -0.369 e. The van der Waals surface area contributed by atoms with Gasteiger partial charge in [0.05, 0.1) is 0 Å². The van der Waals surface area contributed by atoms with Crippen molar-refractivity contribution in [3.63, 3.8) is 0 Å². The van der Waals surface area contributed by atoms with Gasteiger partial charge in [-0.05, 0) is 56.9 Å². The molecule has 2 rings (SSSR count). The van der Waals surface area contributed by atoms with Gasteiger partial charge in [0.1, 0.15) is 0 Å². The number of nitrogens with zero attached hydrogens (tertiary/aromatic N) is 1. The molecule has 0 aromatic heterocycles. The summed E-state index contributed by atoms with van der Waals surface area (Å²) in [6.45, 7) is 14.7. The highest BCUT2D eigenvalue weighted by Crippen LogP contribution is 2.49. The van der Waals surface area contributed by atoms with Crippen LogP contribution in [0.5, 0.6) is 0 Å². The van der Waals surface area contributed by atoms with E-state index in [0.29, 0.717) is 5.92 Å². The van der Waals surface area contributed by atoms with Crippen LogP contribution in [-0.2, 0) is 0 Å². The number of anilines is 1. The summed E-state index contributed by atoms with van der Waals surface area (Å²) in [4.78, 5) is 2.41. The molecule has 1 nitrogen and oxygen atoms in total. The monoisotopic (exact) mass is 255 g/mol. The Morgan fingerprint density at radius 1 is 1.42 bits per heavy atom. The molecule has 0 spiro atoms. The van der Waals surface area contributed by atoms with Crippen molar-refractivity contribution in [2.45, 2.75) is 45.1 Å². The number of fused-ring (bicyclic) bond motifs is 1. The Balaban J connectivity index is 2.42. The lowest BCUT2D eigenvalue weighted by Gasteiger charge is -2.35. The van der Waals surface area contributed by atoms with Crippen molar-refractivity contribution in [1.29, 1.82) is 0 Å². The van der Waals surface area contributed by atoms with E-state index >= 15 is 0 Å². The average Bonchev–Trinajstić information content (AvgIpc) is 2.55. The summed E-state index contributed by atoms with van der Waals surface area (Å²) in [5, 5.41) is 0. The second-order valence-corrected chi connectivity index (χ2v) is 6.28. The zero-order valence-electron chi connectivity index (χ0n) is 12.7. The zero-order valence-corrected chi connectivity index (χ0v) is 12.7. The molecule has 1 aromatic rings. The normalized spacial score (nSPS) is 20.2. The lowest BCUT2D eigenvalue weighted by molar-refractivity contribution is 0.401. The second kappa shape index (κ2) is 4.88. The van der Waals surface area contributed by atoms with Gasteiger partial charge in [-0.25, -0.2) is 0 Å². The van der Waals surface area contributed by atoms with Crippen molar-refractivity contribution in [3.05, 3.63) is 48.1 Å². The van der Waals surface area contributed by atoms with Crippen LogP contribution < -0.4 is 4.90 Å². The molecule has 19 heavy (non-hydrogen) atoms. The van der Waals surface area contributed by atoms with E-state index in [9.17, 15) is 0 Å². The number of likely N-dealkylation sites (N-methyl/N-ethyl adjacent to an activating group) is 1. The molecule has 1 heterocycles. The summed E-state index contributed by atoms with van der Waals surface area (Å²) < 4.78 is 0. The van der Waals surface area contributed by atoms with Crippen LogP contribution in [0.1, 0.15) is 50.7 Å². The lowest BCUT2D eigenvalue weighted by Crippen LogP contribution is -2.40. The van der Waals surface area contributed by atoms with Crippen LogP contribution in [0.3, 0.4) is 0 Å². The van der Waals surface area contributed by atoms with E-state index in [-0.39, 0.29) is 5.54 Å². The van der Waals surface area contributed by atoms with Gasteiger partial charge in [0.2, 0.25) is 0 Å². The third-order valence-corrected chi connectivity index (χ3v) is 4.60. The maximum absolute atomic E-state index is 4.04. The van der Waals surface area contributed by atoms with Crippen LogP contribution in [0.4, 0.5) is 5.69 Å². The van der Waals surface area contributed by atoms with E-state index in [4.69, 9.17) is 0 Å². The molecule has 0 N–H and O–H groups in total. The van der Waals surface area contributed by atoms with Gasteiger partial charge < -0.3 is 4.90 Å². The molecule has 0 saturated heterocycles. The highest BCUT2D eigenvalue weighted by atomic mass is 15.2. The van der Waals surface area contributed by atoms with Gasteiger partial charge in [0.25, 0.3) is 0 Å². The number of rotatable bonds is 4. The highest BCUT2D eigenvalue weighted by Gasteiger charge is 2.42. The molecular formula is C18H25N. The molecule has 0 bridgehead atoms. The van der Waals surface area contributed by atoms with Gasteiger partial charge >= 0.3 is 0 Å². The Labute approximate surface area is 117 Å². The fourth-order valence-corrected chi connectivity index (χ4v) is 3.11. The Kier molecular flexibility index (Phi) is 3.58. The minimum absolute atomic E-state index is 0.164. The minimum atomic E-state index is 0.164. The highest BCUT2D eigenvalue weighted by molar-refractivity contribution is 5.67. The Morgan fingerprint density at radius 2 is 2.11 bits per heavy atom. The standard InChI is InChI=1S/C18H25N/c1-7-14-9-11-17-15(12-14)16(10-8-13(2)3)18(4,5)19(17)6/h7,9,11-12,16H,1-2,8,10H2,3-6H3. The summed E-state index contributed by atoms with van der Waals surface area (Å²) in [6.07, 6.45) is 4.20. The summed E-state index contributed by atoms with van der Waals surface area (Å²) in [5.74, 6) is 0.559. The van der Waals surface area contributed by atoms with Gasteiger partial charge in [-0.3, -0.25) is 0 Å². The fourth-order valence-electron chi connectivity index (χ4n) is 3.11. The molecular weight excluding hydrogens is 230 g/mol. The first kappa shape index (κ1) is 13.9. The molecule has 0 fully saturated rings. The Hall–Kier alpha value is -1.50. The predicted molar refractivity (Wildman–Crippen MR) is 85.8 cm³/mol. The third-order valence-electron chi connectivity index (χ3n) is 4.60.